The molecule has 80 valence electrons. The quantitative estimate of drug-likeness (QED) is 0.577. The van der Waals surface area contributed by atoms with E-state index in [1.54, 1.807) is 12.4 Å². The number of aromatic nitrogens is 1. The molecule has 1 aromatic heterocycles. The molecule has 0 radical (unpaired) electrons. The Hall–Kier alpha value is -1.42. The van der Waals surface area contributed by atoms with Gasteiger partial charge in [-0.1, -0.05) is 0 Å². The van der Waals surface area contributed by atoms with Crippen LogP contribution in [-0.4, -0.2) is 42.0 Å². The Morgan fingerprint density at radius 1 is 1.33 bits per heavy atom. The molecule has 4 heteroatoms. The molecule has 15 heavy (non-hydrogen) atoms. The number of nitrogens with zero attached hydrogens (tertiary/aromatic N) is 2. The first-order chi connectivity index (χ1) is 7.36. The number of morpholine rings is 1. The van der Waals surface area contributed by atoms with E-state index >= 15 is 0 Å². The Balaban J connectivity index is 1.91. The lowest BCUT2D eigenvalue weighted by molar-refractivity contribution is 0.0670. The second-order valence-electron chi connectivity index (χ2n) is 3.58. The van der Waals surface area contributed by atoms with Crippen LogP contribution in [0.5, 0.6) is 0 Å². The lowest BCUT2D eigenvalue weighted by atomic mass is 10.1. The van der Waals surface area contributed by atoms with Crippen molar-refractivity contribution < 1.29 is 4.74 Å². The number of hydrogen-bond donors (Lipinski definition) is 1. The summed E-state index contributed by atoms with van der Waals surface area (Å²) in [5.41, 5.74) is 1.14. The maximum atomic E-state index is 7.97. The predicted octanol–water partition coefficient (Wildman–Crippen LogP) is 0.934. The molecule has 0 aromatic carbocycles. The number of amidine groups is 1. The fourth-order valence-electron chi connectivity index (χ4n) is 1.64. The van der Waals surface area contributed by atoms with E-state index in [0.29, 0.717) is 12.3 Å². The lowest BCUT2D eigenvalue weighted by Gasteiger charge is -2.29. The van der Waals surface area contributed by atoms with Crippen LogP contribution in [-0.2, 0) is 11.2 Å². The van der Waals surface area contributed by atoms with Gasteiger partial charge in [0, 0.05) is 31.9 Å². The Morgan fingerprint density at radius 2 is 2.00 bits per heavy atom. The van der Waals surface area contributed by atoms with Crippen molar-refractivity contribution in [3.8, 4) is 0 Å². The van der Waals surface area contributed by atoms with Crippen molar-refractivity contribution in [3.63, 3.8) is 0 Å². The highest BCUT2D eigenvalue weighted by Crippen LogP contribution is 2.04. The van der Waals surface area contributed by atoms with Gasteiger partial charge in [-0.05, 0) is 17.7 Å². The highest BCUT2D eigenvalue weighted by atomic mass is 16.5. The van der Waals surface area contributed by atoms with Gasteiger partial charge in [0.15, 0.2) is 0 Å². The van der Waals surface area contributed by atoms with Crippen molar-refractivity contribution in [1.29, 1.82) is 5.41 Å². The third kappa shape index (κ3) is 2.76. The number of hydrogen-bond acceptors (Lipinski definition) is 3. The average Bonchev–Trinajstić information content (AvgIpc) is 2.31. The van der Waals surface area contributed by atoms with E-state index < -0.39 is 0 Å². The zero-order valence-electron chi connectivity index (χ0n) is 8.65. The summed E-state index contributed by atoms with van der Waals surface area (Å²) in [4.78, 5) is 6.03. The number of rotatable bonds is 2. The van der Waals surface area contributed by atoms with Crippen LogP contribution in [0.2, 0.25) is 0 Å². The van der Waals surface area contributed by atoms with Crippen molar-refractivity contribution in [2.45, 2.75) is 6.42 Å². The first-order valence-corrected chi connectivity index (χ1v) is 5.15. The van der Waals surface area contributed by atoms with E-state index in [0.717, 1.165) is 31.9 Å². The molecule has 0 saturated carbocycles. The first kappa shape index (κ1) is 10.1. The Bertz CT molecular complexity index is 320. The third-order valence-electron chi connectivity index (χ3n) is 2.51. The zero-order chi connectivity index (χ0) is 10.5. The van der Waals surface area contributed by atoms with E-state index in [1.165, 1.54) is 0 Å². The lowest BCUT2D eigenvalue weighted by Crippen LogP contribution is -2.41. The Morgan fingerprint density at radius 3 is 2.67 bits per heavy atom. The van der Waals surface area contributed by atoms with Crippen molar-refractivity contribution >= 4 is 5.84 Å². The zero-order valence-corrected chi connectivity index (χ0v) is 8.65. The summed E-state index contributed by atoms with van der Waals surface area (Å²) in [5, 5.41) is 7.97. The van der Waals surface area contributed by atoms with Gasteiger partial charge in [0.2, 0.25) is 0 Å². The van der Waals surface area contributed by atoms with Gasteiger partial charge >= 0.3 is 0 Å². The largest absolute Gasteiger partial charge is 0.378 e. The SMILES string of the molecule is N=C(Cc1ccncc1)N1CCOCC1. The minimum absolute atomic E-state index is 0.671. The monoisotopic (exact) mass is 205 g/mol. The smallest absolute Gasteiger partial charge is 0.100 e. The minimum atomic E-state index is 0.671. The maximum absolute atomic E-state index is 7.97. The van der Waals surface area contributed by atoms with Crippen LogP contribution in [0.3, 0.4) is 0 Å². The van der Waals surface area contributed by atoms with E-state index in [4.69, 9.17) is 10.1 Å². The summed E-state index contributed by atoms with van der Waals surface area (Å²) >= 11 is 0. The fraction of sp³-hybridized carbons (Fsp3) is 0.455. The molecule has 0 unspecified atom stereocenters. The number of ether oxygens (including phenoxy) is 1. The van der Waals surface area contributed by atoms with Gasteiger partial charge in [-0.15, -0.1) is 0 Å². The molecule has 1 saturated heterocycles. The summed E-state index contributed by atoms with van der Waals surface area (Å²) in [6.45, 7) is 3.14. The van der Waals surface area contributed by atoms with Gasteiger partial charge in [-0.3, -0.25) is 10.4 Å². The summed E-state index contributed by atoms with van der Waals surface area (Å²) in [5.74, 6) is 0.671. The van der Waals surface area contributed by atoms with Crippen molar-refractivity contribution in [1.82, 2.24) is 9.88 Å². The van der Waals surface area contributed by atoms with E-state index in [1.807, 2.05) is 12.1 Å². The van der Waals surface area contributed by atoms with Gasteiger partial charge in [0.25, 0.3) is 0 Å². The van der Waals surface area contributed by atoms with Gasteiger partial charge < -0.3 is 9.64 Å². The molecule has 1 N–H and O–H groups in total. The second kappa shape index (κ2) is 4.89. The van der Waals surface area contributed by atoms with Crippen molar-refractivity contribution in [3.05, 3.63) is 30.1 Å². The Kier molecular flexibility index (Phi) is 3.29. The van der Waals surface area contributed by atoms with Gasteiger partial charge in [0.1, 0.15) is 5.84 Å². The molecular formula is C11H15N3O. The van der Waals surface area contributed by atoms with Crippen LogP contribution in [0.1, 0.15) is 5.56 Å². The summed E-state index contributed by atoms with van der Waals surface area (Å²) in [6.07, 6.45) is 4.21. The second-order valence-corrected chi connectivity index (χ2v) is 3.58. The van der Waals surface area contributed by atoms with E-state index in [-0.39, 0.29) is 0 Å². The molecular weight excluding hydrogens is 190 g/mol. The molecule has 0 amide bonds. The third-order valence-corrected chi connectivity index (χ3v) is 2.51. The molecule has 4 nitrogen and oxygen atoms in total. The van der Waals surface area contributed by atoms with Gasteiger partial charge in [-0.25, -0.2) is 0 Å². The number of nitrogens with one attached hydrogen (secondary N) is 1. The average molecular weight is 205 g/mol. The highest BCUT2D eigenvalue weighted by Gasteiger charge is 2.13. The maximum Gasteiger partial charge on any atom is 0.100 e. The number of pyridine rings is 1. The van der Waals surface area contributed by atoms with E-state index in [2.05, 4.69) is 9.88 Å². The van der Waals surface area contributed by atoms with Crippen LogP contribution >= 0.6 is 0 Å². The molecule has 0 spiro atoms. The molecule has 0 aliphatic carbocycles. The molecule has 1 aliphatic heterocycles. The van der Waals surface area contributed by atoms with E-state index in [9.17, 15) is 0 Å². The highest BCUT2D eigenvalue weighted by molar-refractivity contribution is 5.81. The molecule has 2 heterocycles. The summed E-state index contributed by atoms with van der Waals surface area (Å²) < 4.78 is 5.25. The Labute approximate surface area is 89.4 Å². The fourth-order valence-corrected chi connectivity index (χ4v) is 1.64. The van der Waals surface area contributed by atoms with Crippen molar-refractivity contribution in [2.24, 2.45) is 0 Å². The van der Waals surface area contributed by atoms with Gasteiger partial charge in [-0.2, -0.15) is 0 Å². The van der Waals surface area contributed by atoms with Crippen molar-refractivity contribution in [2.75, 3.05) is 26.3 Å². The molecule has 1 fully saturated rings. The normalized spacial score (nSPS) is 16.4. The van der Waals surface area contributed by atoms with Crippen LogP contribution in [0, 0.1) is 5.41 Å². The van der Waals surface area contributed by atoms with Crippen LogP contribution < -0.4 is 0 Å². The standard InChI is InChI=1S/C11H15N3O/c12-11(14-5-7-15-8-6-14)9-10-1-3-13-4-2-10/h1-4,12H,5-9H2. The molecule has 1 aliphatic rings. The summed E-state index contributed by atoms with van der Waals surface area (Å²) in [6, 6.07) is 3.91. The van der Waals surface area contributed by atoms with Crippen LogP contribution in [0.25, 0.3) is 0 Å². The van der Waals surface area contributed by atoms with Crippen LogP contribution in [0.15, 0.2) is 24.5 Å². The summed E-state index contributed by atoms with van der Waals surface area (Å²) in [7, 11) is 0. The minimum Gasteiger partial charge on any atom is -0.378 e. The topological polar surface area (TPSA) is 49.2 Å². The van der Waals surface area contributed by atoms with Gasteiger partial charge in [0.05, 0.1) is 13.2 Å². The van der Waals surface area contributed by atoms with Crippen LogP contribution in [0.4, 0.5) is 0 Å². The predicted molar refractivity (Wildman–Crippen MR) is 58.1 cm³/mol. The molecule has 1 aromatic rings. The molecule has 0 bridgehead atoms. The molecule has 2 rings (SSSR count). The first-order valence-electron chi connectivity index (χ1n) is 5.15. The molecule has 0 atom stereocenters.